The number of alkyl halides is 9. The van der Waals surface area contributed by atoms with Gasteiger partial charge in [-0.15, -0.1) is 0 Å². The Morgan fingerprint density at radius 2 is 1.13 bits per heavy atom. The third-order valence-electron chi connectivity index (χ3n) is 5.06. The lowest BCUT2D eigenvalue weighted by atomic mass is 10.0. The number of aryl methyl sites for hydroxylation is 3. The molecule has 0 aliphatic heterocycles. The maximum Gasteiger partial charge on any atom is 0.137 e. The first kappa shape index (κ1) is 30.0. The van der Waals surface area contributed by atoms with Gasteiger partial charge in [-0.05, 0) is 44.2 Å². The molecule has 172 valence electrons. The van der Waals surface area contributed by atoms with Crippen molar-refractivity contribution in [2.24, 2.45) is 0 Å². The van der Waals surface area contributed by atoms with Crippen molar-refractivity contribution in [1.82, 2.24) is 0 Å². The van der Waals surface area contributed by atoms with E-state index < -0.39 is 12.9 Å². The van der Waals surface area contributed by atoms with Gasteiger partial charge in [-0.25, -0.2) is 0 Å². The molecule has 0 N–H and O–H groups in total. The van der Waals surface area contributed by atoms with Crippen molar-refractivity contribution < 1.29 is 0 Å². The zero-order valence-electron chi connectivity index (χ0n) is 16.7. The molecule has 0 aliphatic rings. The topological polar surface area (TPSA) is 0 Å². The van der Waals surface area contributed by atoms with Gasteiger partial charge >= 0.3 is 0 Å². The first-order valence-corrected chi connectivity index (χ1v) is 16.7. The Kier molecular flexibility index (Phi) is 11.5. The largest absolute Gasteiger partial charge is 0.137 e. The second-order valence-corrected chi connectivity index (χ2v) is 22.6. The molecule has 0 aromatic heterocycles. The van der Waals surface area contributed by atoms with Gasteiger partial charge in [0.2, 0.25) is 0 Å². The van der Waals surface area contributed by atoms with Crippen LogP contribution in [-0.2, 0) is 9.65 Å². The van der Waals surface area contributed by atoms with Crippen LogP contribution in [0.3, 0.4) is 0 Å². The maximum atomic E-state index is 3.96. The first-order chi connectivity index (χ1) is 14.1. The van der Waals surface area contributed by atoms with Crippen LogP contribution in [0, 0.1) is 13.8 Å². The summed E-state index contributed by atoms with van der Waals surface area (Å²) in [4.78, 5) is 0.104. The molecule has 0 aliphatic carbocycles. The highest BCUT2D eigenvalue weighted by atomic mass is 79.9. The van der Waals surface area contributed by atoms with Crippen molar-refractivity contribution in [2.45, 2.75) is 50.9 Å². The second-order valence-electron chi connectivity index (χ2n) is 7.56. The first-order valence-electron chi connectivity index (χ1n) is 9.42. The van der Waals surface area contributed by atoms with E-state index in [2.05, 4.69) is 206 Å². The average Bonchev–Trinajstić information content (AvgIpc) is 2.69. The van der Waals surface area contributed by atoms with Crippen LogP contribution in [-0.4, -0.2) is 14.5 Å². The van der Waals surface area contributed by atoms with Crippen LogP contribution >= 0.6 is 143 Å². The van der Waals surface area contributed by atoms with Crippen LogP contribution in [0.5, 0.6) is 0 Å². The SMILES string of the molecule is Cc1ccc(CCCC(Br)C(Br)(Br)C(Br)(Br)C(Br)(Br)C(Br)(Br)c2ccc(C)cc2)cc1. The summed E-state index contributed by atoms with van der Waals surface area (Å²) in [5, 5.41) is 0. The third-order valence-corrected chi connectivity index (χ3v) is 23.0. The highest BCUT2D eigenvalue weighted by Crippen LogP contribution is 2.70. The van der Waals surface area contributed by atoms with Crippen LogP contribution in [0.25, 0.3) is 0 Å². The minimum absolute atomic E-state index is 0.104. The zero-order valence-corrected chi connectivity index (χ0v) is 31.0. The van der Waals surface area contributed by atoms with Gasteiger partial charge in [-0.2, -0.15) is 0 Å². The fourth-order valence-corrected chi connectivity index (χ4v) is 10.8. The Balaban J connectivity index is 2.19. The van der Waals surface area contributed by atoms with E-state index in [1.165, 1.54) is 16.7 Å². The minimum Gasteiger partial charge on any atom is -0.0865 e. The molecule has 0 amide bonds. The lowest BCUT2D eigenvalue weighted by Crippen LogP contribution is -2.57. The van der Waals surface area contributed by atoms with Crippen molar-refractivity contribution in [2.75, 3.05) is 0 Å². The van der Waals surface area contributed by atoms with E-state index in [1.807, 2.05) is 0 Å². The Morgan fingerprint density at radius 1 is 0.677 bits per heavy atom. The Labute approximate surface area is 261 Å². The standard InChI is InChI=1S/C22H21Br9/c1-14-6-10-16(11-7-14)4-3-5-18(23)20(26,27)22(30,31)21(28,29)19(24,25)17-12-8-15(2)9-13-17/h6-13,18H,3-5H2,1-2H3. The van der Waals surface area contributed by atoms with Crippen molar-refractivity contribution in [3.63, 3.8) is 0 Å². The predicted octanol–water partition coefficient (Wildman–Crippen LogP) is 11.5. The van der Waals surface area contributed by atoms with Gasteiger partial charge in [0.05, 0.1) is 0 Å². The summed E-state index contributed by atoms with van der Waals surface area (Å²) in [6.07, 6.45) is 3.05. The number of rotatable bonds is 9. The lowest BCUT2D eigenvalue weighted by molar-refractivity contribution is 0.597. The molecular formula is C22H21Br9. The van der Waals surface area contributed by atoms with Gasteiger partial charge in [-0.3, -0.25) is 0 Å². The highest BCUT2D eigenvalue weighted by molar-refractivity contribution is 9.34. The summed E-state index contributed by atoms with van der Waals surface area (Å²) >= 11 is 35.4. The Morgan fingerprint density at radius 3 is 1.61 bits per heavy atom. The Hall–Kier alpha value is 2.76. The molecule has 0 heterocycles. The van der Waals surface area contributed by atoms with E-state index in [9.17, 15) is 0 Å². The van der Waals surface area contributed by atoms with Crippen molar-refractivity contribution in [1.29, 1.82) is 0 Å². The molecule has 1 unspecified atom stereocenters. The molecule has 0 saturated carbocycles. The van der Waals surface area contributed by atoms with Crippen molar-refractivity contribution in [3.8, 4) is 0 Å². The predicted molar refractivity (Wildman–Crippen MR) is 169 cm³/mol. The average molecular weight is 1000 g/mol. The van der Waals surface area contributed by atoms with E-state index in [4.69, 9.17) is 0 Å². The van der Waals surface area contributed by atoms with E-state index >= 15 is 0 Å². The molecule has 2 aromatic carbocycles. The van der Waals surface area contributed by atoms with Gasteiger partial charge in [0.15, 0.2) is 0 Å². The number of hydrogen-bond donors (Lipinski definition) is 0. The fourth-order valence-electron chi connectivity index (χ4n) is 2.97. The monoisotopic (exact) mass is 995 g/mol. The molecule has 0 nitrogen and oxygen atoms in total. The number of hydrogen-bond acceptors (Lipinski definition) is 0. The van der Waals surface area contributed by atoms with Gasteiger partial charge in [0, 0.05) is 4.83 Å². The van der Waals surface area contributed by atoms with Crippen LogP contribution in [0.2, 0.25) is 0 Å². The Bertz CT molecular complexity index is 856. The maximum absolute atomic E-state index is 3.96. The molecule has 31 heavy (non-hydrogen) atoms. The quantitative estimate of drug-likeness (QED) is 0.220. The van der Waals surface area contributed by atoms with Crippen LogP contribution in [0.1, 0.15) is 35.1 Å². The van der Waals surface area contributed by atoms with E-state index in [1.54, 1.807) is 0 Å². The number of halogens is 9. The molecule has 1 atom stereocenters. The molecule has 2 aromatic rings. The van der Waals surface area contributed by atoms with Crippen LogP contribution < -0.4 is 0 Å². The number of benzene rings is 2. The van der Waals surface area contributed by atoms with Gasteiger partial charge < -0.3 is 0 Å². The van der Waals surface area contributed by atoms with Crippen LogP contribution in [0.4, 0.5) is 0 Å². The lowest BCUT2D eigenvalue weighted by Gasteiger charge is -2.50. The minimum atomic E-state index is -0.717. The summed E-state index contributed by atoms with van der Waals surface area (Å²) in [6.45, 7) is 4.20. The molecule has 9 heteroatoms. The normalized spacial score (nSPS) is 14.5. The summed E-state index contributed by atoms with van der Waals surface area (Å²) in [6, 6.07) is 17.2. The van der Waals surface area contributed by atoms with Crippen molar-refractivity contribution in [3.05, 3.63) is 70.8 Å². The van der Waals surface area contributed by atoms with Gasteiger partial charge in [0.25, 0.3) is 0 Å². The molecule has 0 radical (unpaired) electrons. The summed E-state index contributed by atoms with van der Waals surface area (Å²) in [5.41, 5.74) is 4.93. The van der Waals surface area contributed by atoms with E-state index in [0.717, 1.165) is 24.8 Å². The fraction of sp³-hybridized carbons (Fsp3) is 0.455. The van der Waals surface area contributed by atoms with E-state index in [-0.39, 0.29) is 4.83 Å². The van der Waals surface area contributed by atoms with Gasteiger partial charge in [0.1, 0.15) is 12.9 Å². The molecule has 0 bridgehead atoms. The summed E-state index contributed by atoms with van der Waals surface area (Å²) in [7, 11) is 0. The summed E-state index contributed by atoms with van der Waals surface area (Å²) in [5.74, 6) is 0. The molecule has 2 rings (SSSR count). The van der Waals surface area contributed by atoms with Gasteiger partial charge in [-0.1, -0.05) is 203 Å². The van der Waals surface area contributed by atoms with Crippen molar-refractivity contribution >= 4 is 143 Å². The van der Waals surface area contributed by atoms with E-state index in [0.29, 0.717) is 0 Å². The molecular weight excluding hydrogens is 983 g/mol. The van der Waals surface area contributed by atoms with Crippen LogP contribution in [0.15, 0.2) is 48.5 Å². The molecule has 0 spiro atoms. The second kappa shape index (κ2) is 11.9. The molecule has 0 saturated heterocycles. The molecule has 0 fully saturated rings. The highest BCUT2D eigenvalue weighted by Gasteiger charge is 2.66. The zero-order chi connectivity index (χ0) is 23.7. The summed E-state index contributed by atoms with van der Waals surface area (Å²) < 4.78 is -2.62. The smallest absolute Gasteiger partial charge is 0.0865 e. The third kappa shape index (κ3) is 6.75.